The van der Waals surface area contributed by atoms with Gasteiger partial charge in [0.2, 0.25) is 0 Å². The summed E-state index contributed by atoms with van der Waals surface area (Å²) < 4.78 is 0. The Hall–Kier alpha value is -2.30. The zero-order chi connectivity index (χ0) is 13.8. The van der Waals surface area contributed by atoms with Gasteiger partial charge in [0.25, 0.3) is 0 Å². The standard InChI is InChI=1S/C15H16N4O/c20-12-6-4-11(5-7-12)17-15-9-8-14(18-19-15)13-3-1-2-10-16-13/h1-3,8-11H,4-7H2,(H,17,19). The van der Waals surface area contributed by atoms with E-state index in [2.05, 4.69) is 20.5 Å². The predicted molar refractivity (Wildman–Crippen MR) is 76.1 cm³/mol. The van der Waals surface area contributed by atoms with Gasteiger partial charge in [0.1, 0.15) is 17.3 Å². The highest BCUT2D eigenvalue weighted by Gasteiger charge is 2.18. The normalized spacial score (nSPS) is 16.1. The highest BCUT2D eigenvalue weighted by Crippen LogP contribution is 2.19. The van der Waals surface area contributed by atoms with Gasteiger partial charge >= 0.3 is 0 Å². The molecule has 5 heteroatoms. The molecule has 2 heterocycles. The Labute approximate surface area is 117 Å². The van der Waals surface area contributed by atoms with E-state index in [-0.39, 0.29) is 0 Å². The van der Waals surface area contributed by atoms with Crippen molar-refractivity contribution >= 4 is 11.6 Å². The van der Waals surface area contributed by atoms with Gasteiger partial charge in [0, 0.05) is 25.1 Å². The van der Waals surface area contributed by atoms with Crippen molar-refractivity contribution in [3.8, 4) is 11.4 Å². The average molecular weight is 268 g/mol. The van der Waals surface area contributed by atoms with Crippen LogP contribution in [0.25, 0.3) is 11.4 Å². The van der Waals surface area contributed by atoms with E-state index in [1.807, 2.05) is 30.3 Å². The second-order valence-electron chi connectivity index (χ2n) is 4.98. The lowest BCUT2D eigenvalue weighted by Gasteiger charge is -2.22. The first-order valence-electron chi connectivity index (χ1n) is 6.84. The van der Waals surface area contributed by atoms with Gasteiger partial charge in [-0.05, 0) is 37.1 Å². The van der Waals surface area contributed by atoms with Gasteiger partial charge in [-0.15, -0.1) is 10.2 Å². The summed E-state index contributed by atoms with van der Waals surface area (Å²) in [6.45, 7) is 0. The van der Waals surface area contributed by atoms with E-state index in [1.54, 1.807) is 6.20 Å². The third-order valence-corrected chi connectivity index (χ3v) is 3.49. The fraction of sp³-hybridized carbons (Fsp3) is 0.333. The van der Waals surface area contributed by atoms with Gasteiger partial charge < -0.3 is 5.32 Å². The Bertz CT molecular complexity index is 573. The highest BCUT2D eigenvalue weighted by atomic mass is 16.1. The smallest absolute Gasteiger partial charge is 0.148 e. The maximum Gasteiger partial charge on any atom is 0.148 e. The quantitative estimate of drug-likeness (QED) is 0.926. The minimum absolute atomic E-state index is 0.322. The summed E-state index contributed by atoms with van der Waals surface area (Å²) in [6, 6.07) is 9.85. The molecule has 3 rings (SSSR count). The van der Waals surface area contributed by atoms with Gasteiger partial charge in [0.15, 0.2) is 0 Å². The number of anilines is 1. The Kier molecular flexibility index (Phi) is 3.67. The Balaban J connectivity index is 1.66. The number of nitrogens with one attached hydrogen (secondary N) is 1. The Morgan fingerprint density at radius 2 is 1.85 bits per heavy atom. The van der Waals surface area contributed by atoms with Crippen molar-refractivity contribution in [2.75, 3.05) is 5.32 Å². The molecule has 0 atom stereocenters. The fourth-order valence-corrected chi connectivity index (χ4v) is 2.35. The SMILES string of the molecule is O=C1CCC(Nc2ccc(-c3ccccn3)nn2)CC1. The molecule has 0 bridgehead atoms. The number of hydrogen-bond donors (Lipinski definition) is 1. The molecule has 2 aromatic rings. The van der Waals surface area contributed by atoms with Crippen molar-refractivity contribution in [2.45, 2.75) is 31.7 Å². The molecular weight excluding hydrogens is 252 g/mol. The van der Waals surface area contributed by atoms with Crippen molar-refractivity contribution in [3.05, 3.63) is 36.5 Å². The van der Waals surface area contributed by atoms with Crippen LogP contribution in [0, 0.1) is 0 Å². The molecule has 0 saturated heterocycles. The molecule has 0 unspecified atom stereocenters. The summed E-state index contributed by atoms with van der Waals surface area (Å²) in [4.78, 5) is 15.4. The molecule has 0 aromatic carbocycles. The lowest BCUT2D eigenvalue weighted by Crippen LogP contribution is -2.26. The van der Waals surface area contributed by atoms with Crippen molar-refractivity contribution in [1.82, 2.24) is 15.2 Å². The molecule has 5 nitrogen and oxygen atoms in total. The summed E-state index contributed by atoms with van der Waals surface area (Å²) in [5, 5.41) is 11.7. The van der Waals surface area contributed by atoms with Crippen molar-refractivity contribution in [1.29, 1.82) is 0 Å². The van der Waals surface area contributed by atoms with Crippen molar-refractivity contribution in [3.63, 3.8) is 0 Å². The van der Waals surface area contributed by atoms with E-state index in [9.17, 15) is 4.79 Å². The number of carbonyl (C=O) groups is 1. The van der Waals surface area contributed by atoms with E-state index in [0.29, 0.717) is 24.7 Å². The van der Waals surface area contributed by atoms with E-state index in [0.717, 1.165) is 30.0 Å². The number of pyridine rings is 1. The minimum atomic E-state index is 0.322. The van der Waals surface area contributed by atoms with Crippen LogP contribution in [0.5, 0.6) is 0 Å². The van der Waals surface area contributed by atoms with Crippen LogP contribution in [0.15, 0.2) is 36.5 Å². The van der Waals surface area contributed by atoms with Crippen LogP contribution in [0.2, 0.25) is 0 Å². The van der Waals surface area contributed by atoms with E-state index >= 15 is 0 Å². The Morgan fingerprint density at radius 1 is 1.00 bits per heavy atom. The first-order valence-corrected chi connectivity index (χ1v) is 6.84. The third kappa shape index (κ3) is 2.99. The topological polar surface area (TPSA) is 67.8 Å². The molecule has 1 aliphatic rings. The number of nitrogens with zero attached hydrogens (tertiary/aromatic N) is 3. The van der Waals surface area contributed by atoms with Gasteiger partial charge in [0.05, 0.1) is 5.69 Å². The van der Waals surface area contributed by atoms with Crippen LogP contribution in [-0.4, -0.2) is 27.0 Å². The molecule has 0 spiro atoms. The minimum Gasteiger partial charge on any atom is -0.366 e. The molecule has 2 aromatic heterocycles. The molecule has 102 valence electrons. The van der Waals surface area contributed by atoms with Gasteiger partial charge in [-0.3, -0.25) is 9.78 Å². The van der Waals surface area contributed by atoms with Crippen LogP contribution in [-0.2, 0) is 4.79 Å². The highest BCUT2D eigenvalue weighted by molar-refractivity contribution is 5.79. The van der Waals surface area contributed by atoms with Crippen LogP contribution in [0.3, 0.4) is 0 Å². The zero-order valence-electron chi connectivity index (χ0n) is 11.1. The molecular formula is C15H16N4O. The van der Waals surface area contributed by atoms with Crippen LogP contribution >= 0.6 is 0 Å². The molecule has 1 aliphatic carbocycles. The maximum absolute atomic E-state index is 11.2. The summed E-state index contributed by atoms with van der Waals surface area (Å²) in [6.07, 6.45) is 4.82. The van der Waals surface area contributed by atoms with Crippen molar-refractivity contribution in [2.24, 2.45) is 0 Å². The second kappa shape index (κ2) is 5.77. The monoisotopic (exact) mass is 268 g/mol. The summed E-state index contributed by atoms with van der Waals surface area (Å²) >= 11 is 0. The van der Waals surface area contributed by atoms with Gasteiger partial charge in [-0.2, -0.15) is 0 Å². The second-order valence-corrected chi connectivity index (χ2v) is 4.98. The van der Waals surface area contributed by atoms with Crippen molar-refractivity contribution < 1.29 is 4.79 Å². The summed E-state index contributed by atoms with van der Waals surface area (Å²) in [5.74, 6) is 1.11. The van der Waals surface area contributed by atoms with Gasteiger partial charge in [-0.1, -0.05) is 6.07 Å². The first-order chi connectivity index (χ1) is 9.81. The van der Waals surface area contributed by atoms with Crippen LogP contribution < -0.4 is 5.32 Å². The molecule has 20 heavy (non-hydrogen) atoms. The molecule has 1 N–H and O–H groups in total. The summed E-state index contributed by atoms with van der Waals surface area (Å²) in [5.41, 5.74) is 1.57. The number of rotatable bonds is 3. The molecule has 0 amide bonds. The Morgan fingerprint density at radius 3 is 2.50 bits per heavy atom. The molecule has 1 fully saturated rings. The molecule has 1 saturated carbocycles. The van der Waals surface area contributed by atoms with Crippen LogP contribution in [0.1, 0.15) is 25.7 Å². The van der Waals surface area contributed by atoms with E-state index in [1.165, 1.54) is 0 Å². The molecule has 0 aliphatic heterocycles. The number of Topliss-reactive ketones (excluding diaryl/α,β-unsaturated/α-hetero) is 1. The number of aromatic nitrogens is 3. The third-order valence-electron chi connectivity index (χ3n) is 3.49. The van der Waals surface area contributed by atoms with Gasteiger partial charge in [-0.25, -0.2) is 0 Å². The average Bonchev–Trinajstić information content (AvgIpc) is 2.51. The lowest BCUT2D eigenvalue weighted by atomic mass is 9.94. The number of carbonyl (C=O) groups excluding carboxylic acids is 1. The predicted octanol–water partition coefficient (Wildman–Crippen LogP) is 2.46. The zero-order valence-corrected chi connectivity index (χ0v) is 11.1. The van der Waals surface area contributed by atoms with E-state index < -0.39 is 0 Å². The van der Waals surface area contributed by atoms with Crippen LogP contribution in [0.4, 0.5) is 5.82 Å². The summed E-state index contributed by atoms with van der Waals surface area (Å²) in [7, 11) is 0. The maximum atomic E-state index is 11.2. The fourth-order valence-electron chi connectivity index (χ4n) is 2.35. The first kappa shape index (κ1) is 12.7. The number of hydrogen-bond acceptors (Lipinski definition) is 5. The largest absolute Gasteiger partial charge is 0.366 e. The number of ketones is 1. The molecule has 0 radical (unpaired) electrons. The lowest BCUT2D eigenvalue weighted by molar-refractivity contribution is -0.120. The van der Waals surface area contributed by atoms with E-state index in [4.69, 9.17) is 0 Å².